The molecule has 4 atom stereocenters. The van der Waals surface area contributed by atoms with E-state index in [1.165, 1.54) is 0 Å². The molecule has 2 heterocycles. The molecule has 2 aliphatic rings. The lowest BCUT2D eigenvalue weighted by Gasteiger charge is -2.30. The average molecular weight is 348 g/mol. The summed E-state index contributed by atoms with van der Waals surface area (Å²) in [6.45, 7) is 1.83. The fourth-order valence-electron chi connectivity index (χ4n) is 3.14. The minimum atomic E-state index is -1.00. The van der Waals surface area contributed by atoms with Gasteiger partial charge in [0.25, 0.3) is 0 Å². The zero-order valence-electron chi connectivity index (χ0n) is 13.8. The van der Waals surface area contributed by atoms with Crippen LogP contribution in [0.4, 0.5) is 0 Å². The van der Waals surface area contributed by atoms with Crippen LogP contribution in [-0.4, -0.2) is 47.4 Å². The largest absolute Gasteiger partial charge is 0.459 e. The van der Waals surface area contributed by atoms with E-state index in [1.54, 1.807) is 12.1 Å². The first-order valence-corrected chi connectivity index (χ1v) is 8.33. The molecule has 25 heavy (non-hydrogen) atoms. The zero-order valence-corrected chi connectivity index (χ0v) is 13.8. The first kappa shape index (κ1) is 17.4. The van der Waals surface area contributed by atoms with E-state index in [9.17, 15) is 19.5 Å². The molecule has 1 aromatic carbocycles. The molecule has 7 heteroatoms. The van der Waals surface area contributed by atoms with Crippen LogP contribution in [0.2, 0.25) is 0 Å². The number of cyclic esters (lactones) is 2. The highest BCUT2D eigenvalue weighted by Crippen LogP contribution is 2.25. The summed E-state index contributed by atoms with van der Waals surface area (Å²) in [4.78, 5) is 35.4. The number of fused-ring (bicyclic) bond motifs is 1. The van der Waals surface area contributed by atoms with Gasteiger partial charge in [0.05, 0.1) is 18.4 Å². The molecule has 0 amide bonds. The SMILES string of the molecule is CCC(OC(=O)CC1OC(=O)CC1O)C1Cc2ccccc2C(=O)O1. The predicted molar refractivity (Wildman–Crippen MR) is 84.6 cm³/mol. The van der Waals surface area contributed by atoms with Gasteiger partial charge in [0, 0.05) is 6.42 Å². The number of ether oxygens (including phenoxy) is 3. The van der Waals surface area contributed by atoms with Gasteiger partial charge in [-0.3, -0.25) is 9.59 Å². The smallest absolute Gasteiger partial charge is 0.338 e. The second-order valence-electron chi connectivity index (χ2n) is 6.25. The van der Waals surface area contributed by atoms with E-state index in [0.717, 1.165) is 5.56 Å². The van der Waals surface area contributed by atoms with Crippen molar-refractivity contribution in [1.29, 1.82) is 0 Å². The molecule has 3 rings (SSSR count). The van der Waals surface area contributed by atoms with E-state index < -0.39 is 42.3 Å². The lowest BCUT2D eigenvalue weighted by molar-refractivity contribution is -0.160. The van der Waals surface area contributed by atoms with Crippen LogP contribution >= 0.6 is 0 Å². The summed E-state index contributed by atoms with van der Waals surface area (Å²) in [5.74, 6) is -1.56. The Morgan fingerprint density at radius 1 is 1.28 bits per heavy atom. The summed E-state index contributed by atoms with van der Waals surface area (Å²) >= 11 is 0. The summed E-state index contributed by atoms with van der Waals surface area (Å²) in [5, 5.41) is 9.67. The summed E-state index contributed by atoms with van der Waals surface area (Å²) in [6.07, 6.45) is -2.45. The zero-order chi connectivity index (χ0) is 18.0. The number of benzene rings is 1. The van der Waals surface area contributed by atoms with Gasteiger partial charge in [-0.15, -0.1) is 0 Å². The van der Waals surface area contributed by atoms with Crippen molar-refractivity contribution < 1.29 is 33.7 Å². The maximum atomic E-state index is 12.1. The van der Waals surface area contributed by atoms with Crippen molar-refractivity contribution in [2.45, 2.75) is 57.0 Å². The van der Waals surface area contributed by atoms with Crippen molar-refractivity contribution >= 4 is 17.9 Å². The molecule has 0 bridgehead atoms. The first-order valence-electron chi connectivity index (χ1n) is 8.33. The number of rotatable bonds is 5. The molecular weight excluding hydrogens is 328 g/mol. The maximum Gasteiger partial charge on any atom is 0.338 e. The minimum Gasteiger partial charge on any atom is -0.459 e. The molecular formula is C18H20O7. The van der Waals surface area contributed by atoms with Gasteiger partial charge in [-0.2, -0.15) is 0 Å². The minimum absolute atomic E-state index is 0.119. The van der Waals surface area contributed by atoms with Crippen LogP contribution in [0, 0.1) is 0 Å². The lowest BCUT2D eigenvalue weighted by Crippen LogP contribution is -2.40. The Morgan fingerprint density at radius 2 is 2.04 bits per heavy atom. The van der Waals surface area contributed by atoms with Gasteiger partial charge in [0.15, 0.2) is 0 Å². The molecule has 7 nitrogen and oxygen atoms in total. The van der Waals surface area contributed by atoms with Gasteiger partial charge >= 0.3 is 17.9 Å². The third-order valence-corrected chi connectivity index (χ3v) is 4.47. The van der Waals surface area contributed by atoms with E-state index in [-0.39, 0.29) is 12.8 Å². The number of aliphatic hydroxyl groups excluding tert-OH is 1. The van der Waals surface area contributed by atoms with Gasteiger partial charge in [-0.1, -0.05) is 25.1 Å². The van der Waals surface area contributed by atoms with E-state index in [0.29, 0.717) is 18.4 Å². The Morgan fingerprint density at radius 3 is 2.72 bits per heavy atom. The topological polar surface area (TPSA) is 99.1 Å². The summed E-state index contributed by atoms with van der Waals surface area (Å²) in [5.41, 5.74) is 1.39. The van der Waals surface area contributed by atoms with Gasteiger partial charge < -0.3 is 19.3 Å². The fraction of sp³-hybridized carbons (Fsp3) is 0.500. The molecule has 0 radical (unpaired) electrons. The maximum absolute atomic E-state index is 12.1. The second-order valence-corrected chi connectivity index (χ2v) is 6.25. The highest BCUT2D eigenvalue weighted by Gasteiger charge is 2.37. The van der Waals surface area contributed by atoms with Gasteiger partial charge in [-0.05, 0) is 18.1 Å². The van der Waals surface area contributed by atoms with E-state index >= 15 is 0 Å². The molecule has 0 saturated carbocycles. The van der Waals surface area contributed by atoms with Crippen molar-refractivity contribution in [1.82, 2.24) is 0 Å². The highest BCUT2D eigenvalue weighted by atomic mass is 16.6. The average Bonchev–Trinajstić information content (AvgIpc) is 2.89. The molecule has 1 aromatic rings. The van der Waals surface area contributed by atoms with Crippen molar-refractivity contribution in [3.63, 3.8) is 0 Å². The summed E-state index contributed by atoms with van der Waals surface area (Å²) < 4.78 is 15.7. The predicted octanol–water partition coefficient (Wildman–Crippen LogP) is 1.16. The van der Waals surface area contributed by atoms with Crippen molar-refractivity contribution in [2.75, 3.05) is 0 Å². The van der Waals surface area contributed by atoms with E-state index in [1.807, 2.05) is 19.1 Å². The van der Waals surface area contributed by atoms with Crippen molar-refractivity contribution in [2.24, 2.45) is 0 Å². The standard InChI is InChI=1S/C18H20O7/c1-2-13(23-17(21)9-14-12(19)8-16(20)24-14)15-7-10-5-3-4-6-11(10)18(22)25-15/h3-6,12-15,19H,2,7-9H2,1H3. The monoisotopic (exact) mass is 348 g/mol. The Bertz CT molecular complexity index is 684. The lowest BCUT2D eigenvalue weighted by atomic mass is 9.95. The Labute approximate surface area is 144 Å². The molecule has 134 valence electrons. The Kier molecular flexibility index (Phi) is 5.03. The molecule has 1 saturated heterocycles. The van der Waals surface area contributed by atoms with Crippen LogP contribution in [-0.2, 0) is 30.2 Å². The van der Waals surface area contributed by atoms with Crippen molar-refractivity contribution in [3.05, 3.63) is 35.4 Å². The number of aliphatic hydroxyl groups is 1. The van der Waals surface area contributed by atoms with Gasteiger partial charge in [-0.25, -0.2) is 4.79 Å². The van der Waals surface area contributed by atoms with Crippen molar-refractivity contribution in [3.8, 4) is 0 Å². The number of carbonyl (C=O) groups is 3. The highest BCUT2D eigenvalue weighted by molar-refractivity contribution is 5.92. The summed E-state index contributed by atoms with van der Waals surface area (Å²) in [7, 11) is 0. The second kappa shape index (κ2) is 7.23. The molecule has 4 unspecified atom stereocenters. The van der Waals surface area contributed by atoms with Crippen LogP contribution in [0.1, 0.15) is 42.1 Å². The first-order chi connectivity index (χ1) is 12.0. The van der Waals surface area contributed by atoms with E-state index in [2.05, 4.69) is 0 Å². The van der Waals surface area contributed by atoms with Crippen LogP contribution in [0.5, 0.6) is 0 Å². The molecule has 1 N–H and O–H groups in total. The van der Waals surface area contributed by atoms with Crippen LogP contribution in [0.3, 0.4) is 0 Å². The number of esters is 3. The molecule has 2 aliphatic heterocycles. The number of hydrogen-bond donors (Lipinski definition) is 1. The Hall–Kier alpha value is -2.41. The third-order valence-electron chi connectivity index (χ3n) is 4.47. The Balaban J connectivity index is 1.62. The quantitative estimate of drug-likeness (QED) is 0.629. The fourth-order valence-corrected chi connectivity index (χ4v) is 3.14. The molecule has 0 aliphatic carbocycles. The summed E-state index contributed by atoms with van der Waals surface area (Å²) in [6, 6.07) is 7.17. The van der Waals surface area contributed by atoms with Gasteiger partial charge in [0.2, 0.25) is 0 Å². The van der Waals surface area contributed by atoms with Crippen LogP contribution in [0.25, 0.3) is 0 Å². The molecule has 0 spiro atoms. The van der Waals surface area contributed by atoms with Gasteiger partial charge in [0.1, 0.15) is 24.4 Å². The normalized spacial score (nSPS) is 26.4. The number of hydrogen-bond acceptors (Lipinski definition) is 7. The number of carbonyl (C=O) groups excluding carboxylic acids is 3. The molecule has 0 aromatic heterocycles. The van der Waals surface area contributed by atoms with Crippen LogP contribution in [0.15, 0.2) is 24.3 Å². The van der Waals surface area contributed by atoms with Crippen LogP contribution < -0.4 is 0 Å². The third kappa shape index (κ3) is 3.82. The molecule has 1 fully saturated rings. The van der Waals surface area contributed by atoms with E-state index in [4.69, 9.17) is 14.2 Å².